The van der Waals surface area contributed by atoms with Crippen LogP contribution in [-0.4, -0.2) is 12.7 Å². The van der Waals surface area contributed by atoms with Crippen LogP contribution in [0.2, 0.25) is 0 Å². The summed E-state index contributed by atoms with van der Waals surface area (Å²) < 4.78 is 38.6. The Labute approximate surface area is 99.2 Å². The molecule has 0 saturated carbocycles. The van der Waals surface area contributed by atoms with Crippen molar-refractivity contribution in [3.63, 3.8) is 0 Å². The summed E-state index contributed by atoms with van der Waals surface area (Å²) in [5, 5.41) is 10.4. The third-order valence-corrected chi connectivity index (χ3v) is 2.44. The molecule has 0 amide bonds. The molecule has 0 aliphatic rings. The topological polar surface area (TPSA) is 35.8 Å². The van der Waals surface area contributed by atoms with Gasteiger partial charge in [0, 0.05) is 4.47 Å². The van der Waals surface area contributed by atoms with Crippen LogP contribution in [0.25, 0.3) is 0 Å². The van der Waals surface area contributed by atoms with Gasteiger partial charge in [0.2, 0.25) is 0 Å². The van der Waals surface area contributed by atoms with Gasteiger partial charge in [-0.3, -0.25) is 5.32 Å². The Morgan fingerprint density at radius 3 is 2.31 bits per heavy atom. The maximum atomic E-state index is 12.6. The van der Waals surface area contributed by atoms with Crippen LogP contribution in [0.3, 0.4) is 0 Å². The molecule has 86 valence electrons. The molecule has 0 spiro atoms. The fourth-order valence-corrected chi connectivity index (χ4v) is 1.49. The minimum Gasteiger partial charge on any atom is -0.290 e. The van der Waals surface area contributed by atoms with Gasteiger partial charge in [-0.25, -0.2) is 0 Å². The molecule has 0 heterocycles. The van der Waals surface area contributed by atoms with Crippen molar-refractivity contribution in [2.75, 3.05) is 6.54 Å². The van der Waals surface area contributed by atoms with Crippen LogP contribution >= 0.6 is 15.9 Å². The fourth-order valence-electron chi connectivity index (χ4n) is 1.23. The summed E-state index contributed by atoms with van der Waals surface area (Å²) in [5.41, 5.74) is 0.0888. The van der Waals surface area contributed by atoms with Gasteiger partial charge in [0.15, 0.2) is 0 Å². The average Bonchev–Trinajstić information content (AvgIpc) is 2.19. The van der Waals surface area contributed by atoms with E-state index in [0.717, 1.165) is 0 Å². The van der Waals surface area contributed by atoms with Crippen LogP contribution in [0.15, 0.2) is 28.7 Å². The van der Waals surface area contributed by atoms with E-state index < -0.39 is 12.2 Å². The second kappa shape index (κ2) is 5.32. The fraction of sp³-hybridized carbons (Fsp3) is 0.300. The van der Waals surface area contributed by atoms with Crippen molar-refractivity contribution >= 4 is 15.9 Å². The molecular weight excluding hydrogens is 285 g/mol. The summed E-state index contributed by atoms with van der Waals surface area (Å²) in [7, 11) is 0. The quantitative estimate of drug-likeness (QED) is 0.869. The van der Waals surface area contributed by atoms with Crippen molar-refractivity contribution in [1.82, 2.24) is 5.32 Å². The monoisotopic (exact) mass is 292 g/mol. The van der Waals surface area contributed by atoms with E-state index in [1.807, 2.05) is 0 Å². The molecule has 0 saturated heterocycles. The molecular formula is C10H8BrF3N2. The summed E-state index contributed by atoms with van der Waals surface area (Å²) >= 11 is 3.14. The zero-order chi connectivity index (χ0) is 12.2. The molecule has 1 rings (SSSR count). The van der Waals surface area contributed by atoms with Gasteiger partial charge in [-0.2, -0.15) is 18.4 Å². The Kier molecular flexibility index (Phi) is 4.33. The normalized spacial score (nSPS) is 13.2. The molecule has 1 aromatic rings. The highest BCUT2D eigenvalue weighted by atomic mass is 79.9. The summed E-state index contributed by atoms with van der Waals surface area (Å²) in [4.78, 5) is 0. The third kappa shape index (κ3) is 3.51. The van der Waals surface area contributed by atoms with Gasteiger partial charge in [-0.05, 0) is 17.7 Å². The maximum absolute atomic E-state index is 12.6. The van der Waals surface area contributed by atoms with E-state index in [2.05, 4.69) is 21.2 Å². The molecule has 0 aliphatic heterocycles. The van der Waals surface area contributed by atoms with Crippen LogP contribution in [0, 0.1) is 11.3 Å². The molecule has 1 atom stereocenters. The lowest BCUT2D eigenvalue weighted by Gasteiger charge is -2.20. The molecule has 0 aromatic heterocycles. The summed E-state index contributed by atoms with van der Waals surface area (Å²) in [6.07, 6.45) is -4.41. The summed E-state index contributed by atoms with van der Waals surface area (Å²) in [5.74, 6) is 0. The highest BCUT2D eigenvalue weighted by Gasteiger charge is 2.40. The second-order valence-corrected chi connectivity index (χ2v) is 3.98. The highest BCUT2D eigenvalue weighted by molar-refractivity contribution is 9.10. The van der Waals surface area contributed by atoms with Crippen molar-refractivity contribution in [1.29, 1.82) is 5.26 Å². The van der Waals surface area contributed by atoms with Crippen LogP contribution in [0.5, 0.6) is 0 Å². The van der Waals surface area contributed by atoms with Crippen LogP contribution in [-0.2, 0) is 0 Å². The first-order chi connectivity index (χ1) is 7.45. The Bertz CT molecular complexity index is 381. The van der Waals surface area contributed by atoms with E-state index in [1.165, 1.54) is 24.3 Å². The first-order valence-corrected chi connectivity index (χ1v) is 5.17. The van der Waals surface area contributed by atoms with Crippen molar-refractivity contribution in [2.24, 2.45) is 0 Å². The molecule has 1 aromatic carbocycles. The number of halogens is 4. The third-order valence-electron chi connectivity index (χ3n) is 1.92. The summed E-state index contributed by atoms with van der Waals surface area (Å²) in [6.45, 7) is -0.347. The number of hydrogen-bond acceptors (Lipinski definition) is 2. The lowest BCUT2D eigenvalue weighted by Crippen LogP contribution is -2.34. The molecule has 1 N–H and O–H groups in total. The van der Waals surface area contributed by atoms with E-state index in [-0.39, 0.29) is 12.1 Å². The van der Waals surface area contributed by atoms with Crippen molar-refractivity contribution in [3.8, 4) is 6.07 Å². The van der Waals surface area contributed by atoms with E-state index >= 15 is 0 Å². The number of hydrogen-bond donors (Lipinski definition) is 1. The number of alkyl halides is 3. The smallest absolute Gasteiger partial charge is 0.290 e. The van der Waals surface area contributed by atoms with E-state index in [4.69, 9.17) is 5.26 Å². The predicted molar refractivity (Wildman–Crippen MR) is 56.6 cm³/mol. The molecule has 6 heteroatoms. The highest BCUT2D eigenvalue weighted by Crippen LogP contribution is 2.32. The largest absolute Gasteiger partial charge is 0.407 e. The Morgan fingerprint density at radius 2 is 1.88 bits per heavy atom. The van der Waals surface area contributed by atoms with Gasteiger partial charge < -0.3 is 0 Å². The number of nitrogens with zero attached hydrogens (tertiary/aromatic N) is 1. The first kappa shape index (κ1) is 13.0. The zero-order valence-electron chi connectivity index (χ0n) is 8.05. The minimum absolute atomic E-state index is 0.0888. The Balaban J connectivity index is 2.93. The zero-order valence-corrected chi connectivity index (χ0v) is 9.64. The predicted octanol–water partition coefficient (Wildman–Crippen LogP) is 3.17. The molecule has 16 heavy (non-hydrogen) atoms. The molecule has 0 aliphatic carbocycles. The number of benzene rings is 1. The van der Waals surface area contributed by atoms with Crippen molar-refractivity contribution < 1.29 is 13.2 Å². The number of rotatable bonds is 3. The van der Waals surface area contributed by atoms with Crippen molar-refractivity contribution in [3.05, 3.63) is 34.3 Å². The molecule has 0 radical (unpaired) electrons. The maximum Gasteiger partial charge on any atom is 0.407 e. The SMILES string of the molecule is N#CCNC(c1ccc(Br)cc1)C(F)(F)F. The van der Waals surface area contributed by atoms with Gasteiger partial charge in [0.05, 0.1) is 12.6 Å². The number of nitriles is 1. The lowest BCUT2D eigenvalue weighted by molar-refractivity contribution is -0.157. The average molecular weight is 293 g/mol. The Hall–Kier alpha value is -1.06. The van der Waals surface area contributed by atoms with E-state index in [0.29, 0.717) is 4.47 Å². The van der Waals surface area contributed by atoms with Gasteiger partial charge in [-0.15, -0.1) is 0 Å². The first-order valence-electron chi connectivity index (χ1n) is 4.37. The minimum atomic E-state index is -4.41. The van der Waals surface area contributed by atoms with Gasteiger partial charge in [-0.1, -0.05) is 28.1 Å². The van der Waals surface area contributed by atoms with E-state index in [1.54, 1.807) is 6.07 Å². The van der Waals surface area contributed by atoms with Crippen LogP contribution < -0.4 is 5.32 Å². The molecule has 0 fully saturated rings. The summed E-state index contributed by atoms with van der Waals surface area (Å²) in [6, 6.07) is 5.62. The van der Waals surface area contributed by atoms with E-state index in [9.17, 15) is 13.2 Å². The Morgan fingerprint density at radius 1 is 1.31 bits per heavy atom. The lowest BCUT2D eigenvalue weighted by atomic mass is 10.1. The molecule has 1 unspecified atom stereocenters. The second-order valence-electron chi connectivity index (χ2n) is 3.07. The molecule has 0 bridgehead atoms. The number of nitrogens with one attached hydrogen (secondary N) is 1. The molecule has 2 nitrogen and oxygen atoms in total. The van der Waals surface area contributed by atoms with Gasteiger partial charge in [0.1, 0.15) is 6.04 Å². The standard InChI is InChI=1S/C10H8BrF3N2/c11-8-3-1-7(2-4-8)9(10(12,13)14)16-6-5-15/h1-4,9,16H,6H2. The van der Waals surface area contributed by atoms with Gasteiger partial charge >= 0.3 is 6.18 Å². The van der Waals surface area contributed by atoms with Gasteiger partial charge in [0.25, 0.3) is 0 Å². The van der Waals surface area contributed by atoms with Crippen LogP contribution in [0.4, 0.5) is 13.2 Å². The van der Waals surface area contributed by atoms with Crippen molar-refractivity contribution in [2.45, 2.75) is 12.2 Å². The van der Waals surface area contributed by atoms with Crippen LogP contribution in [0.1, 0.15) is 11.6 Å².